The third kappa shape index (κ3) is 6.22. The molecule has 1 rings (SSSR count). The first-order valence-electron chi connectivity index (χ1n) is 6.22. The van der Waals surface area contributed by atoms with Crippen LogP contribution in [-0.2, 0) is 4.79 Å². The Bertz CT molecular complexity index is 396. The Hall–Kier alpha value is -0.860. The maximum Gasteiger partial charge on any atom is 0.313 e. The third-order valence-corrected chi connectivity index (χ3v) is 4.49. The third-order valence-electron chi connectivity index (χ3n) is 2.52. The van der Waals surface area contributed by atoms with Crippen molar-refractivity contribution in [3.63, 3.8) is 0 Å². The zero-order valence-corrected chi connectivity index (χ0v) is 13.1. The van der Waals surface area contributed by atoms with Crippen molar-refractivity contribution < 1.29 is 9.90 Å². The van der Waals surface area contributed by atoms with Gasteiger partial charge in [-0.25, -0.2) is 0 Å². The van der Waals surface area contributed by atoms with Gasteiger partial charge in [-0.2, -0.15) is 0 Å². The molecule has 19 heavy (non-hydrogen) atoms. The molecule has 0 saturated heterocycles. The van der Waals surface area contributed by atoms with Crippen LogP contribution >= 0.6 is 23.1 Å². The molecule has 1 aromatic heterocycles. The minimum Gasteiger partial charge on any atom is -0.481 e. The molecule has 0 aliphatic carbocycles. The number of carbonyl (C=O) groups is 1. The van der Waals surface area contributed by atoms with E-state index in [0.717, 1.165) is 24.8 Å². The van der Waals surface area contributed by atoms with E-state index in [1.807, 2.05) is 0 Å². The van der Waals surface area contributed by atoms with Crippen molar-refractivity contribution in [1.82, 2.24) is 15.1 Å². The minimum atomic E-state index is -0.843. The van der Waals surface area contributed by atoms with Crippen LogP contribution in [0.5, 0.6) is 0 Å². The van der Waals surface area contributed by atoms with Crippen LogP contribution in [0.25, 0.3) is 0 Å². The van der Waals surface area contributed by atoms with Crippen LogP contribution in [0.4, 0.5) is 5.13 Å². The van der Waals surface area contributed by atoms with Gasteiger partial charge in [0.1, 0.15) is 0 Å². The van der Waals surface area contributed by atoms with E-state index in [1.54, 1.807) is 0 Å². The monoisotopic (exact) mass is 304 g/mol. The van der Waals surface area contributed by atoms with E-state index in [-0.39, 0.29) is 11.8 Å². The fourth-order valence-electron chi connectivity index (χ4n) is 1.58. The van der Waals surface area contributed by atoms with Gasteiger partial charge in [0.05, 0.1) is 5.75 Å². The number of thioether (sulfide) groups is 1. The zero-order chi connectivity index (χ0) is 14.3. The predicted molar refractivity (Wildman–Crippen MR) is 79.1 cm³/mol. The van der Waals surface area contributed by atoms with Crippen LogP contribution in [0, 0.1) is 0 Å². The number of nitrogens with zero attached hydrogens (tertiary/aromatic N) is 3. The van der Waals surface area contributed by atoms with Crippen molar-refractivity contribution >= 4 is 34.2 Å². The highest BCUT2D eigenvalue weighted by Crippen LogP contribution is 2.25. The van der Waals surface area contributed by atoms with Crippen LogP contribution in [0.1, 0.15) is 20.8 Å². The van der Waals surface area contributed by atoms with Gasteiger partial charge in [-0.1, -0.05) is 36.9 Å². The van der Waals surface area contributed by atoms with Crippen molar-refractivity contribution in [1.29, 1.82) is 0 Å². The van der Waals surface area contributed by atoms with Gasteiger partial charge in [-0.15, -0.1) is 10.2 Å². The fourth-order valence-corrected chi connectivity index (χ4v) is 3.16. The second-order valence-corrected chi connectivity index (χ2v) is 6.29. The smallest absolute Gasteiger partial charge is 0.313 e. The lowest BCUT2D eigenvalue weighted by atomic mass is 10.3. The molecule has 1 atom stereocenters. The van der Waals surface area contributed by atoms with Crippen molar-refractivity contribution in [2.45, 2.75) is 31.2 Å². The molecule has 1 heterocycles. The quantitative estimate of drug-likeness (QED) is 0.674. The van der Waals surface area contributed by atoms with Crippen molar-refractivity contribution in [2.75, 3.05) is 30.7 Å². The Morgan fingerprint density at radius 3 is 2.74 bits per heavy atom. The lowest BCUT2D eigenvalue weighted by Crippen LogP contribution is -2.34. The number of hydrogen-bond donors (Lipinski definition) is 2. The molecule has 0 spiro atoms. The molecule has 108 valence electrons. The molecular weight excluding hydrogens is 284 g/mol. The fraction of sp³-hybridized carbons (Fsp3) is 0.727. The van der Waals surface area contributed by atoms with Gasteiger partial charge in [0.15, 0.2) is 4.34 Å². The van der Waals surface area contributed by atoms with Crippen LogP contribution in [0.3, 0.4) is 0 Å². The van der Waals surface area contributed by atoms with Gasteiger partial charge >= 0.3 is 5.97 Å². The van der Waals surface area contributed by atoms with Gasteiger partial charge < -0.3 is 15.3 Å². The van der Waals surface area contributed by atoms with E-state index in [9.17, 15) is 4.79 Å². The molecule has 0 aliphatic heterocycles. The topological polar surface area (TPSA) is 78.3 Å². The molecule has 6 nitrogen and oxygen atoms in total. The first-order chi connectivity index (χ1) is 9.05. The Balaban J connectivity index is 2.42. The number of rotatable bonds is 9. The molecule has 0 amide bonds. The number of aliphatic carboxylic acids is 1. The number of carboxylic acids is 1. The first-order valence-corrected chi connectivity index (χ1v) is 8.02. The summed E-state index contributed by atoms with van der Waals surface area (Å²) in [5.74, 6) is -0.825. The van der Waals surface area contributed by atoms with E-state index >= 15 is 0 Å². The van der Waals surface area contributed by atoms with Crippen LogP contribution in [0.15, 0.2) is 4.34 Å². The summed E-state index contributed by atoms with van der Waals surface area (Å²) in [5, 5.41) is 20.6. The molecule has 0 saturated carbocycles. The summed E-state index contributed by atoms with van der Waals surface area (Å²) in [7, 11) is 0. The summed E-state index contributed by atoms with van der Waals surface area (Å²) in [4.78, 5) is 12.8. The van der Waals surface area contributed by atoms with E-state index in [4.69, 9.17) is 5.11 Å². The average molecular weight is 304 g/mol. The summed E-state index contributed by atoms with van der Waals surface area (Å²) >= 11 is 2.59. The zero-order valence-electron chi connectivity index (χ0n) is 11.4. The standard InChI is InChI=1S/C11H20N4O2S2/c1-4-15(5-2)6-8(3)12-10-13-14-11(19-10)18-7-9(16)17/h8H,4-7H2,1-3H3,(H,12,13)(H,16,17). The number of aromatic nitrogens is 2. The normalized spacial score (nSPS) is 12.6. The van der Waals surface area contributed by atoms with Crippen molar-refractivity contribution in [3.05, 3.63) is 0 Å². The van der Waals surface area contributed by atoms with Gasteiger partial charge in [0.25, 0.3) is 0 Å². The molecule has 8 heteroatoms. The second kappa shape index (κ2) is 8.34. The van der Waals surface area contributed by atoms with Crippen molar-refractivity contribution in [3.8, 4) is 0 Å². The molecule has 2 N–H and O–H groups in total. The van der Waals surface area contributed by atoms with Crippen LogP contribution < -0.4 is 5.32 Å². The highest BCUT2D eigenvalue weighted by atomic mass is 32.2. The first kappa shape index (κ1) is 16.2. The molecule has 0 aliphatic rings. The Kier molecular flexibility index (Phi) is 7.11. The molecule has 0 fully saturated rings. The van der Waals surface area contributed by atoms with E-state index in [2.05, 4.69) is 41.2 Å². The van der Waals surface area contributed by atoms with E-state index in [1.165, 1.54) is 23.1 Å². The predicted octanol–water partition coefficient (Wildman–Crippen LogP) is 1.86. The lowest BCUT2D eigenvalue weighted by Gasteiger charge is -2.22. The Morgan fingerprint density at radius 2 is 2.16 bits per heavy atom. The molecule has 0 aromatic carbocycles. The highest BCUT2D eigenvalue weighted by molar-refractivity contribution is 8.01. The van der Waals surface area contributed by atoms with Gasteiger partial charge in [0, 0.05) is 12.6 Å². The van der Waals surface area contributed by atoms with Crippen LogP contribution in [-0.4, -0.2) is 57.6 Å². The summed E-state index contributed by atoms with van der Waals surface area (Å²) < 4.78 is 0.680. The minimum absolute atomic E-state index is 0.0175. The SMILES string of the molecule is CCN(CC)CC(C)Nc1nnc(SCC(=O)O)s1. The van der Waals surface area contributed by atoms with Gasteiger partial charge in [-0.05, 0) is 20.0 Å². The molecule has 1 unspecified atom stereocenters. The van der Waals surface area contributed by atoms with Gasteiger partial charge in [0.2, 0.25) is 5.13 Å². The van der Waals surface area contributed by atoms with Gasteiger partial charge in [-0.3, -0.25) is 4.79 Å². The highest BCUT2D eigenvalue weighted by Gasteiger charge is 2.11. The largest absolute Gasteiger partial charge is 0.481 e. The molecule has 0 bridgehead atoms. The second-order valence-electron chi connectivity index (χ2n) is 4.09. The maximum atomic E-state index is 10.5. The molecule has 1 aromatic rings. The Morgan fingerprint density at radius 1 is 1.47 bits per heavy atom. The van der Waals surface area contributed by atoms with E-state index in [0.29, 0.717) is 4.34 Å². The van der Waals surface area contributed by atoms with Crippen LogP contribution in [0.2, 0.25) is 0 Å². The maximum absolute atomic E-state index is 10.5. The number of nitrogens with one attached hydrogen (secondary N) is 1. The number of carboxylic acid groups (broad SMARTS) is 1. The molecule has 0 radical (unpaired) electrons. The summed E-state index contributed by atoms with van der Waals surface area (Å²) in [5.41, 5.74) is 0. The summed E-state index contributed by atoms with van der Waals surface area (Å²) in [6.45, 7) is 9.38. The summed E-state index contributed by atoms with van der Waals surface area (Å²) in [6.07, 6.45) is 0. The average Bonchev–Trinajstić information content (AvgIpc) is 2.81. The number of hydrogen-bond acceptors (Lipinski definition) is 7. The molecular formula is C11H20N4O2S2. The lowest BCUT2D eigenvalue weighted by molar-refractivity contribution is -0.133. The number of anilines is 1. The Labute approximate surface area is 121 Å². The van der Waals surface area contributed by atoms with E-state index < -0.39 is 5.97 Å². The number of likely N-dealkylation sites (N-methyl/N-ethyl adjacent to an activating group) is 1. The summed E-state index contributed by atoms with van der Waals surface area (Å²) in [6, 6.07) is 0.283. The van der Waals surface area contributed by atoms with Crippen molar-refractivity contribution in [2.24, 2.45) is 0 Å².